The lowest BCUT2D eigenvalue weighted by Gasteiger charge is -2.38. The molecule has 1 fully saturated rings. The summed E-state index contributed by atoms with van der Waals surface area (Å²) in [6.07, 6.45) is 0. The number of hydrogen-bond acceptors (Lipinski definition) is 4. The standard InChI is InChI=1S/C23H25ClN4O/c1-15-16(2)26-22-14-18(8-9-21(22)25-15)23(29)28-12-10-27(11-13-28)17(3)19-6-4-5-7-20(19)24/h4-9,14,17H,10-13H2,1-3H3. The maximum atomic E-state index is 13.0. The van der Waals surface area contributed by atoms with Crippen LogP contribution in [-0.4, -0.2) is 51.9 Å². The first kappa shape index (κ1) is 19.8. The average molecular weight is 409 g/mol. The molecule has 0 saturated carbocycles. The van der Waals surface area contributed by atoms with Gasteiger partial charge in [-0.3, -0.25) is 9.69 Å². The highest BCUT2D eigenvalue weighted by atomic mass is 35.5. The lowest BCUT2D eigenvalue weighted by molar-refractivity contribution is 0.0582. The zero-order chi connectivity index (χ0) is 20.5. The third-order valence-electron chi connectivity index (χ3n) is 5.83. The predicted octanol–water partition coefficient (Wildman–Crippen LogP) is 4.42. The third kappa shape index (κ3) is 3.98. The van der Waals surface area contributed by atoms with Gasteiger partial charge in [0.25, 0.3) is 5.91 Å². The summed E-state index contributed by atoms with van der Waals surface area (Å²) < 4.78 is 0. The van der Waals surface area contributed by atoms with Gasteiger partial charge in [0, 0.05) is 42.8 Å². The first-order chi connectivity index (χ1) is 13.9. The summed E-state index contributed by atoms with van der Waals surface area (Å²) in [5.74, 6) is 0.0528. The van der Waals surface area contributed by atoms with E-state index in [4.69, 9.17) is 11.6 Å². The number of aryl methyl sites for hydroxylation is 2. The molecular weight excluding hydrogens is 384 g/mol. The number of halogens is 1. The van der Waals surface area contributed by atoms with Crippen LogP contribution in [0.5, 0.6) is 0 Å². The highest BCUT2D eigenvalue weighted by molar-refractivity contribution is 6.31. The summed E-state index contributed by atoms with van der Waals surface area (Å²) in [4.78, 5) is 26.5. The molecule has 6 heteroatoms. The van der Waals surface area contributed by atoms with Crippen LogP contribution < -0.4 is 0 Å². The zero-order valence-electron chi connectivity index (χ0n) is 17.0. The van der Waals surface area contributed by atoms with Gasteiger partial charge in [-0.05, 0) is 50.6 Å². The van der Waals surface area contributed by atoms with E-state index in [1.807, 2.05) is 55.1 Å². The van der Waals surface area contributed by atoms with E-state index in [1.165, 1.54) is 0 Å². The van der Waals surface area contributed by atoms with Crippen LogP contribution in [0, 0.1) is 13.8 Å². The Balaban J connectivity index is 1.46. The molecule has 1 atom stereocenters. The lowest BCUT2D eigenvalue weighted by atomic mass is 10.1. The SMILES string of the molecule is Cc1nc2ccc(C(=O)N3CCN(C(C)c4ccccc4Cl)CC3)cc2nc1C. The lowest BCUT2D eigenvalue weighted by Crippen LogP contribution is -2.49. The fraction of sp³-hybridized carbons (Fsp3) is 0.348. The van der Waals surface area contributed by atoms with Crippen molar-refractivity contribution in [3.05, 3.63) is 70.0 Å². The summed E-state index contributed by atoms with van der Waals surface area (Å²) in [7, 11) is 0. The molecule has 1 aliphatic heterocycles. The average Bonchev–Trinajstić information content (AvgIpc) is 2.74. The molecule has 0 bridgehead atoms. The van der Waals surface area contributed by atoms with Crippen molar-refractivity contribution < 1.29 is 4.79 Å². The molecule has 2 heterocycles. The highest BCUT2D eigenvalue weighted by Gasteiger charge is 2.26. The van der Waals surface area contributed by atoms with E-state index in [9.17, 15) is 4.79 Å². The van der Waals surface area contributed by atoms with Crippen LogP contribution in [0.15, 0.2) is 42.5 Å². The number of amides is 1. The monoisotopic (exact) mass is 408 g/mol. The van der Waals surface area contributed by atoms with Crippen LogP contribution in [0.4, 0.5) is 0 Å². The predicted molar refractivity (Wildman–Crippen MR) is 116 cm³/mol. The van der Waals surface area contributed by atoms with Gasteiger partial charge >= 0.3 is 0 Å². The fourth-order valence-corrected chi connectivity index (χ4v) is 4.16. The van der Waals surface area contributed by atoms with Gasteiger partial charge < -0.3 is 4.90 Å². The Labute approximate surface area is 176 Å². The molecule has 4 rings (SSSR count). The molecular formula is C23H25ClN4O. The Bertz CT molecular complexity index is 1060. The topological polar surface area (TPSA) is 49.3 Å². The number of fused-ring (bicyclic) bond motifs is 1. The van der Waals surface area contributed by atoms with Crippen LogP contribution in [-0.2, 0) is 0 Å². The van der Waals surface area contributed by atoms with Crippen molar-refractivity contribution >= 4 is 28.5 Å². The third-order valence-corrected chi connectivity index (χ3v) is 6.17. The molecule has 1 aliphatic rings. The molecule has 0 N–H and O–H groups in total. The summed E-state index contributed by atoms with van der Waals surface area (Å²) in [6.45, 7) is 9.10. The molecule has 1 amide bonds. The maximum Gasteiger partial charge on any atom is 0.254 e. The van der Waals surface area contributed by atoms with Crippen LogP contribution in [0.1, 0.15) is 40.3 Å². The molecule has 5 nitrogen and oxygen atoms in total. The van der Waals surface area contributed by atoms with E-state index >= 15 is 0 Å². The first-order valence-corrected chi connectivity index (χ1v) is 10.3. The van der Waals surface area contributed by atoms with Crippen LogP contribution in [0.2, 0.25) is 5.02 Å². The maximum absolute atomic E-state index is 13.0. The molecule has 0 aliphatic carbocycles. The number of hydrogen-bond donors (Lipinski definition) is 0. The molecule has 150 valence electrons. The van der Waals surface area contributed by atoms with Gasteiger partial charge in [-0.2, -0.15) is 0 Å². The first-order valence-electron chi connectivity index (χ1n) is 9.97. The van der Waals surface area contributed by atoms with Gasteiger partial charge in [-0.15, -0.1) is 0 Å². The number of benzene rings is 2. The summed E-state index contributed by atoms with van der Waals surface area (Å²) in [5.41, 5.74) is 5.20. The number of rotatable bonds is 3. The molecule has 1 unspecified atom stereocenters. The summed E-state index contributed by atoms with van der Waals surface area (Å²) in [6, 6.07) is 13.8. The zero-order valence-corrected chi connectivity index (χ0v) is 17.8. The number of aromatic nitrogens is 2. The second kappa shape index (κ2) is 8.09. The minimum atomic E-state index is 0.0528. The van der Waals surface area contributed by atoms with Crippen molar-refractivity contribution in [2.45, 2.75) is 26.8 Å². The Morgan fingerprint density at radius 2 is 1.62 bits per heavy atom. The van der Waals surface area contributed by atoms with Crippen molar-refractivity contribution in [2.24, 2.45) is 0 Å². The molecule has 1 saturated heterocycles. The van der Waals surface area contributed by atoms with E-state index in [2.05, 4.69) is 27.9 Å². The molecule has 29 heavy (non-hydrogen) atoms. The molecule has 2 aromatic carbocycles. The van der Waals surface area contributed by atoms with Crippen LogP contribution >= 0.6 is 11.6 Å². The summed E-state index contributed by atoms with van der Waals surface area (Å²) >= 11 is 6.36. The Morgan fingerprint density at radius 1 is 0.966 bits per heavy atom. The number of nitrogens with zero attached hydrogens (tertiary/aromatic N) is 4. The minimum absolute atomic E-state index is 0.0528. The van der Waals surface area contributed by atoms with Gasteiger partial charge in [0.1, 0.15) is 0 Å². The van der Waals surface area contributed by atoms with Gasteiger partial charge in [0.2, 0.25) is 0 Å². The van der Waals surface area contributed by atoms with E-state index in [0.717, 1.165) is 46.1 Å². The summed E-state index contributed by atoms with van der Waals surface area (Å²) in [5, 5.41) is 0.793. The van der Waals surface area contributed by atoms with Gasteiger partial charge in [-0.1, -0.05) is 29.8 Å². The van der Waals surface area contributed by atoms with Crippen molar-refractivity contribution in [1.82, 2.24) is 19.8 Å². The molecule has 0 spiro atoms. The van der Waals surface area contributed by atoms with Gasteiger partial charge in [0.15, 0.2) is 0 Å². The fourth-order valence-electron chi connectivity index (χ4n) is 3.87. The van der Waals surface area contributed by atoms with Crippen molar-refractivity contribution in [3.63, 3.8) is 0 Å². The van der Waals surface area contributed by atoms with Gasteiger partial charge in [0.05, 0.1) is 22.4 Å². The van der Waals surface area contributed by atoms with Crippen LogP contribution in [0.25, 0.3) is 11.0 Å². The van der Waals surface area contributed by atoms with E-state index in [0.29, 0.717) is 18.7 Å². The Hall–Kier alpha value is -2.50. The van der Waals surface area contributed by atoms with Gasteiger partial charge in [-0.25, -0.2) is 9.97 Å². The van der Waals surface area contributed by atoms with E-state index < -0.39 is 0 Å². The minimum Gasteiger partial charge on any atom is -0.336 e. The number of piperazine rings is 1. The second-order valence-corrected chi connectivity index (χ2v) is 8.03. The second-order valence-electron chi connectivity index (χ2n) is 7.62. The normalized spacial score (nSPS) is 16.2. The Morgan fingerprint density at radius 3 is 2.31 bits per heavy atom. The smallest absolute Gasteiger partial charge is 0.254 e. The quantitative estimate of drug-likeness (QED) is 0.643. The molecule has 0 radical (unpaired) electrons. The number of carbonyl (C=O) groups excluding carboxylic acids is 1. The van der Waals surface area contributed by atoms with Crippen molar-refractivity contribution in [1.29, 1.82) is 0 Å². The highest BCUT2D eigenvalue weighted by Crippen LogP contribution is 2.28. The van der Waals surface area contributed by atoms with Crippen molar-refractivity contribution in [2.75, 3.05) is 26.2 Å². The Kier molecular flexibility index (Phi) is 5.52. The van der Waals surface area contributed by atoms with E-state index in [1.54, 1.807) is 0 Å². The largest absolute Gasteiger partial charge is 0.336 e. The molecule has 3 aromatic rings. The van der Waals surface area contributed by atoms with Crippen molar-refractivity contribution in [3.8, 4) is 0 Å². The molecule has 1 aromatic heterocycles. The van der Waals surface area contributed by atoms with Crippen LogP contribution in [0.3, 0.4) is 0 Å². The van der Waals surface area contributed by atoms with E-state index in [-0.39, 0.29) is 11.9 Å². The number of carbonyl (C=O) groups is 1.